The van der Waals surface area contributed by atoms with Crippen LogP contribution in [0.25, 0.3) is 0 Å². The van der Waals surface area contributed by atoms with Crippen molar-refractivity contribution in [3.05, 3.63) is 18.2 Å². The second-order valence-corrected chi connectivity index (χ2v) is 4.55. The zero-order chi connectivity index (χ0) is 12.3. The van der Waals surface area contributed by atoms with Crippen LogP contribution in [0.15, 0.2) is 18.2 Å². The first-order chi connectivity index (χ1) is 8.15. The average Bonchev–Trinajstić information content (AvgIpc) is 3.10. The third kappa shape index (κ3) is 3.62. The fraction of sp³-hybridized carbons (Fsp3) is 0.500. The van der Waals surface area contributed by atoms with E-state index in [1.165, 1.54) is 12.8 Å². The van der Waals surface area contributed by atoms with Crippen molar-refractivity contribution >= 4 is 17.7 Å². The number of carbonyl (C=O) groups is 1. The third-order valence-electron chi connectivity index (χ3n) is 2.68. The molecule has 0 aliphatic heterocycles. The van der Waals surface area contributed by atoms with Crippen molar-refractivity contribution in [3.8, 4) is 0 Å². The summed E-state index contributed by atoms with van der Waals surface area (Å²) in [7, 11) is 3.83. The van der Waals surface area contributed by atoms with Crippen molar-refractivity contribution in [2.45, 2.75) is 12.8 Å². The van der Waals surface area contributed by atoms with E-state index in [0.717, 1.165) is 12.4 Å². The van der Waals surface area contributed by atoms with Gasteiger partial charge in [-0.05, 0) is 30.9 Å². The fourth-order valence-corrected chi connectivity index (χ4v) is 1.46. The number of rotatable bonds is 4. The smallest absolute Gasteiger partial charge is 0.320 e. The number of hydrogen-bond acceptors (Lipinski definition) is 3. The number of carbonyl (C=O) groups excluding carboxylic acids is 1. The monoisotopic (exact) mass is 234 g/mol. The highest BCUT2D eigenvalue weighted by Crippen LogP contribution is 2.27. The maximum Gasteiger partial charge on any atom is 0.320 e. The number of hydrogen-bond donors (Lipinski definition) is 2. The van der Waals surface area contributed by atoms with Gasteiger partial charge >= 0.3 is 6.03 Å². The summed E-state index contributed by atoms with van der Waals surface area (Å²) < 4.78 is 0. The van der Waals surface area contributed by atoms with Gasteiger partial charge in [0.2, 0.25) is 0 Å². The van der Waals surface area contributed by atoms with E-state index in [9.17, 15) is 4.79 Å². The van der Waals surface area contributed by atoms with Gasteiger partial charge in [-0.15, -0.1) is 0 Å². The predicted octanol–water partition coefficient (Wildman–Crippen LogP) is 1.68. The molecule has 5 nitrogen and oxygen atoms in total. The molecule has 1 fully saturated rings. The second-order valence-electron chi connectivity index (χ2n) is 4.55. The normalized spacial score (nSPS) is 14.2. The molecule has 0 unspecified atom stereocenters. The summed E-state index contributed by atoms with van der Waals surface area (Å²) in [6.45, 7) is 0.763. The summed E-state index contributed by atoms with van der Waals surface area (Å²) in [4.78, 5) is 17.8. The molecule has 5 heteroatoms. The highest BCUT2D eigenvalue weighted by atomic mass is 16.2. The van der Waals surface area contributed by atoms with Crippen LogP contribution in [0.1, 0.15) is 12.8 Å². The molecule has 0 saturated heterocycles. The summed E-state index contributed by atoms with van der Waals surface area (Å²) in [6.07, 6.45) is 2.46. The van der Waals surface area contributed by atoms with Crippen LogP contribution in [0.2, 0.25) is 0 Å². The molecule has 1 heterocycles. The van der Waals surface area contributed by atoms with E-state index in [2.05, 4.69) is 15.6 Å². The van der Waals surface area contributed by atoms with Crippen LogP contribution in [-0.2, 0) is 0 Å². The molecule has 0 radical (unpaired) electrons. The van der Waals surface area contributed by atoms with E-state index in [1.807, 2.05) is 31.1 Å². The average molecular weight is 234 g/mol. The second kappa shape index (κ2) is 5.03. The van der Waals surface area contributed by atoms with Gasteiger partial charge in [-0.2, -0.15) is 0 Å². The van der Waals surface area contributed by atoms with Gasteiger partial charge < -0.3 is 10.2 Å². The van der Waals surface area contributed by atoms with E-state index in [0.29, 0.717) is 11.7 Å². The van der Waals surface area contributed by atoms with E-state index in [4.69, 9.17) is 0 Å². The van der Waals surface area contributed by atoms with Crippen LogP contribution in [0.4, 0.5) is 16.4 Å². The van der Waals surface area contributed by atoms with Crippen LogP contribution in [0, 0.1) is 5.92 Å². The van der Waals surface area contributed by atoms with Crippen LogP contribution < -0.4 is 15.5 Å². The first-order valence-electron chi connectivity index (χ1n) is 5.84. The molecule has 2 N–H and O–H groups in total. The lowest BCUT2D eigenvalue weighted by atomic mass is 10.4. The molecular formula is C12H18N4O. The molecule has 17 heavy (non-hydrogen) atoms. The Kier molecular flexibility index (Phi) is 3.46. The van der Waals surface area contributed by atoms with Crippen molar-refractivity contribution in [3.63, 3.8) is 0 Å². The number of pyridine rings is 1. The molecule has 0 bridgehead atoms. The summed E-state index contributed by atoms with van der Waals surface area (Å²) >= 11 is 0. The highest BCUT2D eigenvalue weighted by molar-refractivity contribution is 5.88. The van der Waals surface area contributed by atoms with E-state index in [-0.39, 0.29) is 6.03 Å². The Hall–Kier alpha value is -1.78. The lowest BCUT2D eigenvalue weighted by molar-refractivity contribution is 0.251. The topological polar surface area (TPSA) is 57.3 Å². The number of nitrogens with one attached hydrogen (secondary N) is 2. The van der Waals surface area contributed by atoms with E-state index >= 15 is 0 Å². The van der Waals surface area contributed by atoms with Gasteiger partial charge in [0, 0.05) is 20.6 Å². The Morgan fingerprint density at radius 3 is 2.88 bits per heavy atom. The number of aromatic nitrogens is 1. The minimum absolute atomic E-state index is 0.180. The van der Waals surface area contributed by atoms with Crippen molar-refractivity contribution in [1.29, 1.82) is 0 Å². The summed E-state index contributed by atoms with van der Waals surface area (Å²) in [6, 6.07) is 5.37. The lowest BCUT2D eigenvalue weighted by Gasteiger charge is -2.12. The number of anilines is 2. The van der Waals surface area contributed by atoms with Gasteiger partial charge in [0.15, 0.2) is 0 Å². The third-order valence-corrected chi connectivity index (χ3v) is 2.68. The zero-order valence-electron chi connectivity index (χ0n) is 10.2. The molecule has 92 valence electrons. The van der Waals surface area contributed by atoms with Crippen molar-refractivity contribution < 1.29 is 4.79 Å². The first kappa shape index (κ1) is 11.7. The number of amides is 2. The van der Waals surface area contributed by atoms with Gasteiger partial charge in [-0.1, -0.05) is 6.07 Å². The van der Waals surface area contributed by atoms with E-state index in [1.54, 1.807) is 6.07 Å². The molecule has 1 aliphatic carbocycles. The standard InChI is InChI=1S/C12H18N4O/c1-16(2)11-5-3-4-10(14-11)15-12(17)13-8-9-6-7-9/h3-5,9H,6-8H2,1-2H3,(H2,13,14,15,17). The van der Waals surface area contributed by atoms with Gasteiger partial charge in [0.05, 0.1) is 0 Å². The maximum atomic E-state index is 11.6. The summed E-state index contributed by atoms with van der Waals surface area (Å²) in [5, 5.41) is 5.57. The Bertz CT molecular complexity index is 401. The number of nitrogens with zero attached hydrogens (tertiary/aromatic N) is 2. The molecule has 1 aromatic rings. The highest BCUT2D eigenvalue weighted by Gasteiger charge is 2.21. The van der Waals surface area contributed by atoms with Crippen LogP contribution in [0.3, 0.4) is 0 Å². The molecule has 1 aromatic heterocycles. The van der Waals surface area contributed by atoms with Gasteiger partial charge in [0.1, 0.15) is 11.6 Å². The van der Waals surface area contributed by atoms with Crippen molar-refractivity contribution in [2.24, 2.45) is 5.92 Å². The van der Waals surface area contributed by atoms with Gasteiger partial charge in [-0.25, -0.2) is 9.78 Å². The quantitative estimate of drug-likeness (QED) is 0.833. The van der Waals surface area contributed by atoms with Gasteiger partial charge in [-0.3, -0.25) is 5.32 Å². The van der Waals surface area contributed by atoms with Gasteiger partial charge in [0.25, 0.3) is 0 Å². The molecule has 2 rings (SSSR count). The zero-order valence-corrected chi connectivity index (χ0v) is 10.2. The van der Waals surface area contributed by atoms with Crippen LogP contribution in [-0.4, -0.2) is 31.7 Å². The lowest BCUT2D eigenvalue weighted by Crippen LogP contribution is -2.30. The minimum atomic E-state index is -0.180. The van der Waals surface area contributed by atoms with E-state index < -0.39 is 0 Å². The van der Waals surface area contributed by atoms with Crippen molar-refractivity contribution in [2.75, 3.05) is 30.9 Å². The van der Waals surface area contributed by atoms with Crippen molar-refractivity contribution in [1.82, 2.24) is 10.3 Å². The molecule has 2 amide bonds. The molecule has 1 saturated carbocycles. The van der Waals surface area contributed by atoms with Crippen LogP contribution in [0.5, 0.6) is 0 Å². The number of urea groups is 1. The Morgan fingerprint density at radius 2 is 2.24 bits per heavy atom. The molecule has 0 atom stereocenters. The fourth-order valence-electron chi connectivity index (χ4n) is 1.46. The first-order valence-corrected chi connectivity index (χ1v) is 5.84. The van der Waals surface area contributed by atoms with Crippen LogP contribution >= 0.6 is 0 Å². The Labute approximate surface area is 101 Å². The molecule has 0 aromatic carbocycles. The maximum absolute atomic E-state index is 11.6. The molecule has 0 spiro atoms. The minimum Gasteiger partial charge on any atom is -0.363 e. The largest absolute Gasteiger partial charge is 0.363 e. The summed E-state index contributed by atoms with van der Waals surface area (Å²) in [5.74, 6) is 2.08. The predicted molar refractivity (Wildman–Crippen MR) is 68.3 cm³/mol. The molecule has 1 aliphatic rings. The molecular weight excluding hydrogens is 216 g/mol. The summed E-state index contributed by atoms with van der Waals surface area (Å²) in [5.41, 5.74) is 0. The Balaban J connectivity index is 1.87. The Morgan fingerprint density at radius 1 is 1.47 bits per heavy atom. The SMILES string of the molecule is CN(C)c1cccc(NC(=O)NCC2CC2)n1.